The molecule has 0 unspecified atom stereocenters. The number of hydrogen-bond acceptors (Lipinski definition) is 5. The maximum Gasteiger partial charge on any atom is 0.246 e. The van der Waals surface area contributed by atoms with Gasteiger partial charge in [-0.2, -0.15) is 4.31 Å². The van der Waals surface area contributed by atoms with Gasteiger partial charge in [0.2, 0.25) is 10.0 Å². The fourth-order valence-electron chi connectivity index (χ4n) is 2.57. The van der Waals surface area contributed by atoms with E-state index in [-0.39, 0.29) is 29.2 Å². The molecular weight excluding hydrogens is 314 g/mol. The van der Waals surface area contributed by atoms with Crippen molar-refractivity contribution in [2.45, 2.75) is 23.8 Å². The second kappa shape index (κ2) is 7.02. The van der Waals surface area contributed by atoms with Crippen molar-refractivity contribution in [2.75, 3.05) is 33.3 Å². The number of nitrogens with zero attached hydrogens (tertiary/aromatic N) is 3. The van der Waals surface area contributed by atoms with Gasteiger partial charge >= 0.3 is 0 Å². The molecule has 0 radical (unpaired) electrons. The van der Waals surface area contributed by atoms with Crippen LogP contribution in [0, 0.1) is 0 Å². The minimum Gasteiger partial charge on any atom is -0.395 e. The summed E-state index contributed by atoms with van der Waals surface area (Å²) in [5.74, 6) is 0. The van der Waals surface area contributed by atoms with E-state index in [4.69, 9.17) is 11.6 Å². The van der Waals surface area contributed by atoms with Gasteiger partial charge in [-0.3, -0.25) is 0 Å². The Morgan fingerprint density at radius 3 is 2.71 bits per heavy atom. The lowest BCUT2D eigenvalue weighted by Crippen LogP contribution is -2.47. The predicted molar refractivity (Wildman–Crippen MR) is 80.7 cm³/mol. The van der Waals surface area contributed by atoms with Crippen LogP contribution in [-0.2, 0) is 10.0 Å². The molecule has 0 spiro atoms. The third-order valence-electron chi connectivity index (χ3n) is 3.73. The van der Waals surface area contributed by atoms with Crippen LogP contribution in [0.15, 0.2) is 23.2 Å². The van der Waals surface area contributed by atoms with Crippen molar-refractivity contribution in [2.24, 2.45) is 0 Å². The van der Waals surface area contributed by atoms with E-state index < -0.39 is 10.0 Å². The fraction of sp³-hybridized carbons (Fsp3) is 0.615. The molecule has 1 aromatic heterocycles. The van der Waals surface area contributed by atoms with Crippen molar-refractivity contribution in [1.82, 2.24) is 14.2 Å². The Labute approximate surface area is 130 Å². The van der Waals surface area contributed by atoms with Gasteiger partial charge in [0.25, 0.3) is 0 Å². The number of aromatic nitrogens is 1. The summed E-state index contributed by atoms with van der Waals surface area (Å²) in [7, 11) is -1.74. The molecule has 8 heteroatoms. The zero-order valence-electron chi connectivity index (χ0n) is 11.9. The van der Waals surface area contributed by atoms with Gasteiger partial charge in [0.05, 0.1) is 6.61 Å². The van der Waals surface area contributed by atoms with E-state index >= 15 is 0 Å². The molecule has 21 heavy (non-hydrogen) atoms. The molecule has 118 valence electrons. The Morgan fingerprint density at radius 2 is 2.14 bits per heavy atom. The highest BCUT2D eigenvalue weighted by Gasteiger charge is 2.34. The fourth-order valence-corrected chi connectivity index (χ4v) is 4.68. The van der Waals surface area contributed by atoms with Crippen molar-refractivity contribution < 1.29 is 13.5 Å². The molecule has 1 saturated heterocycles. The van der Waals surface area contributed by atoms with Gasteiger partial charge in [-0.15, -0.1) is 0 Å². The molecule has 0 aliphatic carbocycles. The van der Waals surface area contributed by atoms with Gasteiger partial charge in [-0.05, 0) is 45.1 Å². The maximum absolute atomic E-state index is 12.8. The summed E-state index contributed by atoms with van der Waals surface area (Å²) in [6.07, 6.45) is 2.94. The lowest BCUT2D eigenvalue weighted by Gasteiger charge is -2.36. The van der Waals surface area contributed by atoms with Crippen molar-refractivity contribution in [3.63, 3.8) is 0 Å². The summed E-state index contributed by atoms with van der Waals surface area (Å²) in [6.45, 7) is 1.52. The summed E-state index contributed by atoms with van der Waals surface area (Å²) >= 11 is 5.93. The van der Waals surface area contributed by atoms with Gasteiger partial charge in [-0.25, -0.2) is 13.4 Å². The number of sulfonamides is 1. The average Bonchev–Trinajstić information content (AvgIpc) is 2.46. The minimum absolute atomic E-state index is 0.000885. The third kappa shape index (κ3) is 3.73. The monoisotopic (exact) mass is 333 g/mol. The average molecular weight is 334 g/mol. The molecule has 0 aromatic carbocycles. The van der Waals surface area contributed by atoms with E-state index in [0.717, 1.165) is 25.9 Å². The lowest BCUT2D eigenvalue weighted by molar-refractivity contribution is 0.161. The van der Waals surface area contributed by atoms with Crippen LogP contribution in [0.25, 0.3) is 0 Å². The van der Waals surface area contributed by atoms with Crippen LogP contribution in [0.4, 0.5) is 0 Å². The number of aliphatic hydroxyl groups is 1. The van der Waals surface area contributed by atoms with Crippen LogP contribution in [0.3, 0.4) is 0 Å². The van der Waals surface area contributed by atoms with Crippen molar-refractivity contribution in [3.8, 4) is 0 Å². The Balaban J connectivity index is 2.31. The molecule has 0 amide bonds. The molecule has 1 aromatic rings. The normalized spacial score (nSPS) is 18.3. The Hall–Kier alpha value is -0.730. The highest BCUT2D eigenvalue weighted by atomic mass is 35.5. The van der Waals surface area contributed by atoms with Crippen molar-refractivity contribution in [3.05, 3.63) is 23.5 Å². The Kier molecular flexibility index (Phi) is 5.56. The van der Waals surface area contributed by atoms with Gasteiger partial charge < -0.3 is 10.0 Å². The van der Waals surface area contributed by atoms with E-state index in [1.54, 1.807) is 6.07 Å². The van der Waals surface area contributed by atoms with Crippen molar-refractivity contribution in [1.29, 1.82) is 0 Å². The van der Waals surface area contributed by atoms with E-state index in [1.165, 1.54) is 16.6 Å². The van der Waals surface area contributed by atoms with Crippen LogP contribution in [0.2, 0.25) is 5.15 Å². The molecule has 0 saturated carbocycles. The van der Waals surface area contributed by atoms with Gasteiger partial charge in [0, 0.05) is 18.8 Å². The number of halogens is 1. The number of hydrogen-bond donors (Lipinski definition) is 1. The highest BCUT2D eigenvalue weighted by Crippen LogP contribution is 2.27. The van der Waals surface area contributed by atoms with E-state index in [2.05, 4.69) is 9.88 Å². The first kappa shape index (κ1) is 16.6. The van der Waals surface area contributed by atoms with Gasteiger partial charge in [0.1, 0.15) is 10.0 Å². The highest BCUT2D eigenvalue weighted by molar-refractivity contribution is 7.89. The van der Waals surface area contributed by atoms with E-state index in [0.29, 0.717) is 0 Å². The summed E-state index contributed by atoms with van der Waals surface area (Å²) in [4.78, 5) is 6.00. The molecule has 0 atom stereocenters. The summed E-state index contributed by atoms with van der Waals surface area (Å²) in [5.41, 5.74) is 0. The topological polar surface area (TPSA) is 73.7 Å². The standard InChI is InChI=1S/C13H20ClN3O3S/c1-16-7-4-11(5-8-16)17(9-10-18)21(19,20)12-3-2-6-15-13(12)14/h2-3,6,11,18H,4-5,7-10H2,1H3. The van der Waals surface area contributed by atoms with E-state index in [1.807, 2.05) is 7.05 Å². The Morgan fingerprint density at radius 1 is 1.48 bits per heavy atom. The zero-order valence-corrected chi connectivity index (χ0v) is 13.5. The molecule has 0 bridgehead atoms. The number of aliphatic hydroxyl groups excluding tert-OH is 1. The summed E-state index contributed by atoms with van der Waals surface area (Å²) in [5, 5.41) is 9.20. The van der Waals surface area contributed by atoms with Crippen molar-refractivity contribution >= 4 is 21.6 Å². The first-order valence-corrected chi connectivity index (χ1v) is 8.70. The van der Waals surface area contributed by atoms with Gasteiger partial charge in [0.15, 0.2) is 0 Å². The summed E-state index contributed by atoms with van der Waals surface area (Å²) in [6, 6.07) is 2.88. The van der Waals surface area contributed by atoms with Crippen LogP contribution in [0.5, 0.6) is 0 Å². The largest absolute Gasteiger partial charge is 0.395 e. The second-order valence-corrected chi connectivity index (χ2v) is 7.38. The predicted octanol–water partition coefficient (Wildman–Crippen LogP) is 0.812. The number of piperidine rings is 1. The second-order valence-electron chi connectivity index (χ2n) is 5.17. The third-order valence-corrected chi connectivity index (χ3v) is 6.12. The number of rotatable bonds is 5. The smallest absolute Gasteiger partial charge is 0.246 e. The molecule has 6 nitrogen and oxygen atoms in total. The van der Waals surface area contributed by atoms with Crippen LogP contribution < -0.4 is 0 Å². The van der Waals surface area contributed by atoms with Crippen LogP contribution in [-0.4, -0.2) is 67.0 Å². The maximum atomic E-state index is 12.8. The molecular formula is C13H20ClN3O3S. The number of pyridine rings is 1. The first-order valence-electron chi connectivity index (χ1n) is 6.88. The zero-order chi connectivity index (χ0) is 15.5. The quantitative estimate of drug-likeness (QED) is 0.807. The summed E-state index contributed by atoms with van der Waals surface area (Å²) < 4.78 is 27.0. The minimum atomic E-state index is -3.75. The first-order chi connectivity index (χ1) is 9.96. The molecule has 2 rings (SSSR count). The lowest BCUT2D eigenvalue weighted by atomic mass is 10.1. The van der Waals surface area contributed by atoms with E-state index in [9.17, 15) is 13.5 Å². The SMILES string of the molecule is CN1CCC(N(CCO)S(=O)(=O)c2cccnc2Cl)CC1. The molecule has 1 N–H and O–H groups in total. The van der Waals surface area contributed by atoms with Crippen LogP contribution >= 0.6 is 11.6 Å². The number of likely N-dealkylation sites (tertiary alicyclic amines) is 1. The van der Waals surface area contributed by atoms with Gasteiger partial charge in [-0.1, -0.05) is 11.6 Å². The van der Waals surface area contributed by atoms with Crippen LogP contribution in [0.1, 0.15) is 12.8 Å². The molecule has 1 aliphatic rings. The molecule has 2 heterocycles. The Bertz CT molecular complexity index is 574. The molecule has 1 aliphatic heterocycles. The molecule has 1 fully saturated rings.